The van der Waals surface area contributed by atoms with E-state index < -0.39 is 12.1 Å². The number of aryl methyl sites for hydroxylation is 2. The third-order valence-corrected chi connectivity index (χ3v) is 6.60. The number of piperidine rings is 1. The maximum Gasteiger partial charge on any atom is 0.323 e. The van der Waals surface area contributed by atoms with E-state index >= 15 is 0 Å². The Hall–Kier alpha value is -3.06. The highest BCUT2D eigenvalue weighted by Gasteiger charge is 2.37. The van der Waals surface area contributed by atoms with Crippen molar-refractivity contribution in [3.63, 3.8) is 0 Å². The number of carbonyl (C=O) groups excluding carboxylic acids is 2. The molecular weight excluding hydrogens is 433 g/mol. The standard InChI is InChI=1S/C27H32FN3O3/c1-4-34-27(33)24-10-5-6-13-30(24)17-26(32)31-25(20-8-7-9-21(28)15-20)16-23(29-31)22-12-11-18(2)14-19(22)3/h7-9,11-12,14-15,24-25H,4-6,10,13,16-17H2,1-3H3/t24-,25+/m0/s1. The molecule has 2 aromatic carbocycles. The molecule has 0 spiro atoms. The molecule has 4 rings (SSSR count). The van der Waals surface area contributed by atoms with Gasteiger partial charge in [0.2, 0.25) is 0 Å². The van der Waals surface area contributed by atoms with Gasteiger partial charge in [-0.2, -0.15) is 5.10 Å². The summed E-state index contributed by atoms with van der Waals surface area (Å²) in [4.78, 5) is 27.9. The molecule has 1 saturated heterocycles. The number of hydrogen-bond acceptors (Lipinski definition) is 5. The van der Waals surface area contributed by atoms with Crippen molar-refractivity contribution in [1.29, 1.82) is 0 Å². The van der Waals surface area contributed by atoms with Crippen LogP contribution < -0.4 is 0 Å². The molecule has 2 aromatic rings. The largest absolute Gasteiger partial charge is 0.465 e. The quantitative estimate of drug-likeness (QED) is 0.588. The number of rotatable bonds is 6. The maximum atomic E-state index is 14.1. The van der Waals surface area contributed by atoms with Crippen LogP contribution in [0.15, 0.2) is 47.6 Å². The van der Waals surface area contributed by atoms with Gasteiger partial charge in [0.1, 0.15) is 11.9 Å². The van der Waals surface area contributed by atoms with Crippen LogP contribution in [0.2, 0.25) is 0 Å². The Kier molecular flexibility index (Phi) is 7.41. The van der Waals surface area contributed by atoms with E-state index in [4.69, 9.17) is 9.84 Å². The summed E-state index contributed by atoms with van der Waals surface area (Å²) in [6.07, 6.45) is 3.03. The Bertz CT molecular complexity index is 1100. The summed E-state index contributed by atoms with van der Waals surface area (Å²) >= 11 is 0. The van der Waals surface area contributed by atoms with E-state index in [1.54, 1.807) is 13.0 Å². The number of carbonyl (C=O) groups is 2. The van der Waals surface area contributed by atoms with Gasteiger partial charge in [0.15, 0.2) is 0 Å². The Morgan fingerprint density at radius 1 is 1.15 bits per heavy atom. The summed E-state index contributed by atoms with van der Waals surface area (Å²) in [5.41, 5.74) is 4.75. The molecule has 7 heteroatoms. The number of esters is 1. The van der Waals surface area contributed by atoms with Crippen LogP contribution in [0, 0.1) is 19.7 Å². The number of nitrogens with zero attached hydrogens (tertiary/aromatic N) is 3. The molecule has 0 unspecified atom stereocenters. The zero-order chi connectivity index (χ0) is 24.2. The highest BCUT2D eigenvalue weighted by Crippen LogP contribution is 2.34. The minimum Gasteiger partial charge on any atom is -0.465 e. The van der Waals surface area contributed by atoms with Crippen LogP contribution in [0.25, 0.3) is 0 Å². The molecule has 2 aliphatic rings. The lowest BCUT2D eigenvalue weighted by Gasteiger charge is -2.34. The summed E-state index contributed by atoms with van der Waals surface area (Å²) in [7, 11) is 0. The average Bonchev–Trinajstić information content (AvgIpc) is 3.25. The van der Waals surface area contributed by atoms with Crippen molar-refractivity contribution in [2.45, 2.75) is 58.5 Å². The van der Waals surface area contributed by atoms with Crippen molar-refractivity contribution in [3.8, 4) is 0 Å². The second-order valence-electron chi connectivity index (χ2n) is 9.11. The molecule has 1 fully saturated rings. The molecule has 34 heavy (non-hydrogen) atoms. The first-order chi connectivity index (χ1) is 16.4. The molecule has 0 radical (unpaired) electrons. The van der Waals surface area contributed by atoms with Gasteiger partial charge in [0.25, 0.3) is 5.91 Å². The lowest BCUT2D eigenvalue weighted by molar-refractivity contribution is -0.152. The third-order valence-electron chi connectivity index (χ3n) is 6.60. The molecule has 2 aliphatic heterocycles. The van der Waals surface area contributed by atoms with Crippen LogP contribution in [0.1, 0.15) is 60.9 Å². The van der Waals surface area contributed by atoms with Crippen molar-refractivity contribution in [2.24, 2.45) is 5.10 Å². The predicted octanol–water partition coefficient (Wildman–Crippen LogP) is 4.54. The molecule has 180 valence electrons. The van der Waals surface area contributed by atoms with Crippen LogP contribution in [0.4, 0.5) is 4.39 Å². The van der Waals surface area contributed by atoms with E-state index in [0.29, 0.717) is 31.6 Å². The highest BCUT2D eigenvalue weighted by molar-refractivity contribution is 6.04. The second-order valence-corrected chi connectivity index (χ2v) is 9.11. The molecule has 0 N–H and O–H groups in total. The lowest BCUT2D eigenvalue weighted by Crippen LogP contribution is -2.49. The summed E-state index contributed by atoms with van der Waals surface area (Å²) in [5, 5.41) is 6.23. The zero-order valence-corrected chi connectivity index (χ0v) is 20.1. The summed E-state index contributed by atoms with van der Waals surface area (Å²) in [5.74, 6) is -0.828. The van der Waals surface area contributed by atoms with Crippen LogP contribution in [-0.2, 0) is 14.3 Å². The maximum absolute atomic E-state index is 14.1. The van der Waals surface area contributed by atoms with Crippen LogP contribution in [-0.4, -0.2) is 53.2 Å². The van der Waals surface area contributed by atoms with Gasteiger partial charge >= 0.3 is 5.97 Å². The number of likely N-dealkylation sites (tertiary alicyclic amines) is 1. The third kappa shape index (κ3) is 5.20. The fraction of sp³-hybridized carbons (Fsp3) is 0.444. The van der Waals surface area contributed by atoms with Gasteiger partial charge in [-0.1, -0.05) is 42.3 Å². The van der Waals surface area contributed by atoms with E-state index in [1.165, 1.54) is 17.1 Å². The first-order valence-electron chi connectivity index (χ1n) is 12.0. The molecule has 6 nitrogen and oxygen atoms in total. The monoisotopic (exact) mass is 465 g/mol. The minimum atomic E-state index is -0.421. The van der Waals surface area contributed by atoms with Crippen molar-refractivity contribution in [3.05, 3.63) is 70.5 Å². The Balaban J connectivity index is 1.62. The number of ether oxygens (including phenoxy) is 1. The fourth-order valence-corrected chi connectivity index (χ4v) is 4.95. The number of amides is 1. The van der Waals surface area contributed by atoms with Crippen molar-refractivity contribution in [2.75, 3.05) is 19.7 Å². The van der Waals surface area contributed by atoms with Gasteiger partial charge in [-0.05, 0) is 63.4 Å². The summed E-state index contributed by atoms with van der Waals surface area (Å²) in [6, 6.07) is 11.7. The summed E-state index contributed by atoms with van der Waals surface area (Å²) in [6.45, 7) is 6.89. The number of benzene rings is 2. The summed E-state index contributed by atoms with van der Waals surface area (Å²) < 4.78 is 19.3. The van der Waals surface area contributed by atoms with Crippen LogP contribution >= 0.6 is 0 Å². The van der Waals surface area contributed by atoms with Gasteiger partial charge in [-0.3, -0.25) is 14.5 Å². The van der Waals surface area contributed by atoms with Crippen molar-refractivity contribution >= 4 is 17.6 Å². The van der Waals surface area contributed by atoms with Crippen LogP contribution in [0.3, 0.4) is 0 Å². The average molecular weight is 466 g/mol. The molecule has 0 aliphatic carbocycles. The molecule has 0 aromatic heterocycles. The van der Waals surface area contributed by atoms with Gasteiger partial charge < -0.3 is 4.74 Å². The van der Waals surface area contributed by atoms with Gasteiger partial charge in [0, 0.05) is 12.0 Å². The molecule has 2 heterocycles. The smallest absolute Gasteiger partial charge is 0.323 e. The lowest BCUT2D eigenvalue weighted by atomic mass is 9.95. The van der Waals surface area contributed by atoms with Crippen molar-refractivity contribution < 1.29 is 18.7 Å². The minimum absolute atomic E-state index is 0.0684. The van der Waals surface area contributed by atoms with E-state index in [1.807, 2.05) is 36.9 Å². The first-order valence-corrected chi connectivity index (χ1v) is 12.0. The van der Waals surface area contributed by atoms with Gasteiger partial charge in [0.05, 0.1) is 24.9 Å². The molecule has 0 saturated carbocycles. The fourth-order valence-electron chi connectivity index (χ4n) is 4.95. The molecule has 0 bridgehead atoms. The van der Waals surface area contributed by atoms with E-state index in [2.05, 4.69) is 6.07 Å². The van der Waals surface area contributed by atoms with Crippen LogP contribution in [0.5, 0.6) is 0 Å². The molecular formula is C27H32FN3O3. The van der Waals surface area contributed by atoms with E-state index in [9.17, 15) is 14.0 Å². The second kappa shape index (κ2) is 10.5. The first kappa shape index (κ1) is 24.1. The number of hydrazone groups is 1. The van der Waals surface area contributed by atoms with E-state index in [-0.39, 0.29) is 24.2 Å². The Morgan fingerprint density at radius 3 is 2.71 bits per heavy atom. The molecule has 2 atom stereocenters. The number of halogens is 1. The Morgan fingerprint density at radius 2 is 1.97 bits per heavy atom. The van der Waals surface area contributed by atoms with Crippen molar-refractivity contribution in [1.82, 2.24) is 9.91 Å². The normalized spacial score (nSPS) is 20.8. The Labute approximate surface area is 200 Å². The number of hydrogen-bond donors (Lipinski definition) is 0. The zero-order valence-electron chi connectivity index (χ0n) is 20.1. The predicted molar refractivity (Wildman–Crippen MR) is 129 cm³/mol. The van der Waals surface area contributed by atoms with Gasteiger partial charge in [-0.15, -0.1) is 0 Å². The highest BCUT2D eigenvalue weighted by atomic mass is 19.1. The van der Waals surface area contributed by atoms with E-state index in [0.717, 1.165) is 35.2 Å². The molecule has 1 amide bonds. The van der Waals surface area contributed by atoms with Gasteiger partial charge in [-0.25, -0.2) is 9.40 Å². The SMILES string of the molecule is CCOC(=O)[C@@H]1CCCCN1CC(=O)N1N=C(c2ccc(C)cc2C)C[C@@H]1c1cccc(F)c1. The topological polar surface area (TPSA) is 62.2 Å².